The number of aliphatic hydroxyl groups is 1. The molecule has 20 heavy (non-hydrogen) atoms. The fraction of sp³-hybridized carbons (Fsp3) is 0.769. The molecule has 0 saturated carbocycles. The second-order valence-corrected chi connectivity index (χ2v) is 5.77. The van der Waals surface area contributed by atoms with Crippen molar-refractivity contribution in [3.63, 3.8) is 0 Å². The Labute approximate surface area is 119 Å². The molecule has 0 radical (unpaired) electrons. The van der Waals surface area contributed by atoms with E-state index in [-0.39, 0.29) is 22.6 Å². The molecule has 0 aliphatic rings. The minimum Gasteiger partial charge on any atom is -0.396 e. The van der Waals surface area contributed by atoms with Gasteiger partial charge in [0.25, 0.3) is 0 Å². The molecule has 114 valence electrons. The Morgan fingerprint density at radius 2 is 2.15 bits per heavy atom. The molecular weight excluding hydrogens is 260 g/mol. The fourth-order valence-electron chi connectivity index (χ4n) is 2.08. The number of hydrogen-bond donors (Lipinski definition) is 2. The van der Waals surface area contributed by atoms with E-state index in [9.17, 15) is 10.1 Å². The third kappa shape index (κ3) is 3.93. The Morgan fingerprint density at radius 3 is 2.65 bits per heavy atom. The molecule has 0 amide bonds. The van der Waals surface area contributed by atoms with Crippen LogP contribution in [0.15, 0.2) is 0 Å². The molecular formula is C13H24N4O3. The minimum absolute atomic E-state index is 0.0640. The van der Waals surface area contributed by atoms with E-state index in [0.717, 1.165) is 6.42 Å². The van der Waals surface area contributed by atoms with Gasteiger partial charge >= 0.3 is 5.69 Å². The average molecular weight is 284 g/mol. The predicted octanol–water partition coefficient (Wildman–Crippen LogP) is 2.10. The highest BCUT2D eigenvalue weighted by Gasteiger charge is 2.27. The van der Waals surface area contributed by atoms with Crippen molar-refractivity contribution in [2.45, 2.75) is 40.0 Å². The molecule has 0 aliphatic carbocycles. The summed E-state index contributed by atoms with van der Waals surface area (Å²) in [6, 6.07) is 0. The van der Waals surface area contributed by atoms with Gasteiger partial charge in [-0.15, -0.1) is 0 Å². The molecule has 0 aliphatic heterocycles. The lowest BCUT2D eigenvalue weighted by Gasteiger charge is -2.24. The van der Waals surface area contributed by atoms with Gasteiger partial charge in [-0.3, -0.25) is 10.1 Å². The summed E-state index contributed by atoms with van der Waals surface area (Å²) in [5, 5.41) is 27.6. The zero-order valence-corrected chi connectivity index (χ0v) is 12.6. The first-order chi connectivity index (χ1) is 9.32. The van der Waals surface area contributed by atoms with Crippen molar-refractivity contribution in [3.8, 4) is 0 Å². The number of aliphatic hydroxyl groups excluding tert-OH is 1. The summed E-state index contributed by atoms with van der Waals surface area (Å²) >= 11 is 0. The number of nitrogens with zero attached hydrogens (tertiary/aromatic N) is 3. The van der Waals surface area contributed by atoms with E-state index in [1.54, 1.807) is 7.05 Å². The monoisotopic (exact) mass is 284 g/mol. The molecule has 0 aromatic carbocycles. The van der Waals surface area contributed by atoms with Crippen LogP contribution in [0.2, 0.25) is 0 Å². The van der Waals surface area contributed by atoms with Crippen molar-refractivity contribution < 1.29 is 10.0 Å². The van der Waals surface area contributed by atoms with Crippen molar-refractivity contribution >= 4 is 11.5 Å². The number of nitro groups is 1. The molecule has 0 atom stereocenters. The van der Waals surface area contributed by atoms with Crippen LogP contribution in [0.25, 0.3) is 0 Å². The first kappa shape index (κ1) is 16.4. The van der Waals surface area contributed by atoms with Gasteiger partial charge in [0.1, 0.15) is 5.69 Å². The third-order valence-electron chi connectivity index (χ3n) is 3.28. The molecule has 1 aromatic heterocycles. The van der Waals surface area contributed by atoms with Crippen LogP contribution in [-0.2, 0) is 13.5 Å². The summed E-state index contributed by atoms with van der Waals surface area (Å²) in [6.45, 7) is 6.62. The van der Waals surface area contributed by atoms with Gasteiger partial charge in [0.2, 0.25) is 5.82 Å². The second kappa shape index (κ2) is 6.69. The number of aryl methyl sites for hydroxylation is 2. The van der Waals surface area contributed by atoms with E-state index in [2.05, 4.69) is 10.4 Å². The van der Waals surface area contributed by atoms with Crippen molar-refractivity contribution in [2.75, 3.05) is 18.5 Å². The lowest BCUT2D eigenvalue weighted by molar-refractivity contribution is -0.384. The molecule has 1 aromatic rings. The Morgan fingerprint density at radius 1 is 1.50 bits per heavy atom. The van der Waals surface area contributed by atoms with Gasteiger partial charge in [0.15, 0.2) is 0 Å². The smallest absolute Gasteiger partial charge is 0.333 e. The molecule has 2 N–H and O–H groups in total. The molecule has 0 unspecified atom stereocenters. The maximum Gasteiger partial charge on any atom is 0.333 e. The zero-order chi connectivity index (χ0) is 15.3. The lowest BCUT2D eigenvalue weighted by Crippen LogP contribution is -2.25. The normalized spacial score (nSPS) is 11.7. The van der Waals surface area contributed by atoms with Crippen LogP contribution in [0.5, 0.6) is 0 Å². The molecule has 0 fully saturated rings. The van der Waals surface area contributed by atoms with Crippen molar-refractivity contribution in [2.24, 2.45) is 12.5 Å². The highest BCUT2D eigenvalue weighted by atomic mass is 16.6. The second-order valence-electron chi connectivity index (χ2n) is 5.77. The largest absolute Gasteiger partial charge is 0.396 e. The van der Waals surface area contributed by atoms with Crippen LogP contribution in [0.1, 0.15) is 39.3 Å². The minimum atomic E-state index is -0.376. The predicted molar refractivity (Wildman–Crippen MR) is 77.8 cm³/mol. The molecule has 0 spiro atoms. The van der Waals surface area contributed by atoms with E-state index < -0.39 is 0 Å². The van der Waals surface area contributed by atoms with Gasteiger partial charge in [-0.2, -0.15) is 5.10 Å². The summed E-state index contributed by atoms with van der Waals surface area (Å²) in [5.74, 6) is 0.435. The summed E-state index contributed by atoms with van der Waals surface area (Å²) < 4.78 is 1.53. The van der Waals surface area contributed by atoms with Gasteiger partial charge in [-0.1, -0.05) is 27.2 Å². The summed E-state index contributed by atoms with van der Waals surface area (Å²) in [7, 11) is 1.70. The van der Waals surface area contributed by atoms with Crippen LogP contribution in [0, 0.1) is 15.5 Å². The van der Waals surface area contributed by atoms with Crippen molar-refractivity contribution in [1.29, 1.82) is 0 Å². The SMILES string of the molecule is CCCc1nn(C)c(NCC(C)(C)CCO)c1[N+](=O)[O-]. The van der Waals surface area contributed by atoms with Crippen LogP contribution in [0.4, 0.5) is 11.5 Å². The van der Waals surface area contributed by atoms with Crippen LogP contribution in [0.3, 0.4) is 0 Å². The Balaban J connectivity index is 2.97. The highest BCUT2D eigenvalue weighted by molar-refractivity contribution is 5.60. The molecule has 1 heterocycles. The van der Waals surface area contributed by atoms with Gasteiger partial charge < -0.3 is 10.4 Å². The highest BCUT2D eigenvalue weighted by Crippen LogP contribution is 2.30. The van der Waals surface area contributed by atoms with E-state index in [4.69, 9.17) is 5.11 Å². The van der Waals surface area contributed by atoms with Crippen LogP contribution < -0.4 is 5.32 Å². The standard InChI is InChI=1S/C13H24N4O3/c1-5-6-10-11(17(19)20)12(16(4)15-10)14-9-13(2,3)7-8-18/h14,18H,5-9H2,1-4H3. The first-order valence-corrected chi connectivity index (χ1v) is 6.87. The van der Waals surface area contributed by atoms with Crippen molar-refractivity contribution in [1.82, 2.24) is 9.78 Å². The van der Waals surface area contributed by atoms with Crippen molar-refractivity contribution in [3.05, 3.63) is 15.8 Å². The van der Waals surface area contributed by atoms with Gasteiger partial charge in [0.05, 0.1) is 4.92 Å². The number of rotatable bonds is 8. The number of anilines is 1. The number of aromatic nitrogens is 2. The quantitative estimate of drug-likeness (QED) is 0.563. The summed E-state index contributed by atoms with van der Waals surface area (Å²) in [4.78, 5) is 10.9. The van der Waals surface area contributed by atoms with Crippen LogP contribution >= 0.6 is 0 Å². The van der Waals surface area contributed by atoms with E-state index >= 15 is 0 Å². The number of hydrogen-bond acceptors (Lipinski definition) is 5. The zero-order valence-electron chi connectivity index (χ0n) is 12.6. The summed E-state index contributed by atoms with van der Waals surface area (Å²) in [6.07, 6.45) is 2.03. The van der Waals surface area contributed by atoms with Crippen LogP contribution in [-0.4, -0.2) is 33.0 Å². The maximum atomic E-state index is 11.3. The topological polar surface area (TPSA) is 93.2 Å². The average Bonchev–Trinajstić information content (AvgIpc) is 2.63. The van der Waals surface area contributed by atoms with Gasteiger partial charge in [-0.05, 0) is 18.3 Å². The Hall–Kier alpha value is -1.63. The van der Waals surface area contributed by atoms with Gasteiger partial charge in [-0.25, -0.2) is 4.68 Å². The maximum absolute atomic E-state index is 11.3. The molecule has 1 rings (SSSR count). The third-order valence-corrected chi connectivity index (χ3v) is 3.28. The molecule has 7 heteroatoms. The Kier molecular flexibility index (Phi) is 5.50. The van der Waals surface area contributed by atoms with Gasteiger partial charge in [0, 0.05) is 20.2 Å². The van der Waals surface area contributed by atoms with E-state index in [0.29, 0.717) is 30.9 Å². The van der Waals surface area contributed by atoms with E-state index in [1.165, 1.54) is 4.68 Å². The molecule has 0 bridgehead atoms. The number of nitrogens with one attached hydrogen (secondary N) is 1. The molecule has 7 nitrogen and oxygen atoms in total. The summed E-state index contributed by atoms with van der Waals surface area (Å²) in [5.41, 5.74) is 0.439. The lowest BCUT2D eigenvalue weighted by atomic mass is 9.90. The Bertz CT molecular complexity index is 468. The molecule has 0 saturated heterocycles. The van der Waals surface area contributed by atoms with E-state index in [1.807, 2.05) is 20.8 Å². The first-order valence-electron chi connectivity index (χ1n) is 6.87. The fourth-order valence-corrected chi connectivity index (χ4v) is 2.08.